The van der Waals surface area contributed by atoms with Crippen molar-refractivity contribution in [3.63, 3.8) is 0 Å². The van der Waals surface area contributed by atoms with Gasteiger partial charge in [-0.2, -0.15) is 0 Å². The number of carboxylic acids is 1. The average molecular weight is 269 g/mol. The summed E-state index contributed by atoms with van der Waals surface area (Å²) in [5.74, 6) is 0.0306. The van der Waals surface area contributed by atoms with E-state index >= 15 is 0 Å². The average Bonchev–Trinajstić information content (AvgIpc) is 3.23. The van der Waals surface area contributed by atoms with Crippen LogP contribution in [0.2, 0.25) is 0 Å². The van der Waals surface area contributed by atoms with Crippen molar-refractivity contribution in [2.45, 2.75) is 25.4 Å². The van der Waals surface area contributed by atoms with Gasteiger partial charge in [-0.1, -0.05) is 12.1 Å². The normalized spacial score (nSPS) is 14.0. The molecule has 0 unspecified atom stereocenters. The van der Waals surface area contributed by atoms with Crippen LogP contribution in [0.1, 0.15) is 18.4 Å². The van der Waals surface area contributed by atoms with Gasteiger partial charge in [-0.05, 0) is 42.2 Å². The van der Waals surface area contributed by atoms with Crippen molar-refractivity contribution in [2.75, 3.05) is 0 Å². The molecule has 4 heteroatoms. The smallest absolute Gasteiger partial charge is 0.307 e. The highest BCUT2D eigenvalue weighted by Crippen LogP contribution is 2.28. The van der Waals surface area contributed by atoms with Gasteiger partial charge in [-0.3, -0.25) is 9.78 Å². The molecule has 1 fully saturated rings. The van der Waals surface area contributed by atoms with Gasteiger partial charge in [0.15, 0.2) is 0 Å². The van der Waals surface area contributed by atoms with Gasteiger partial charge in [0.05, 0.1) is 12.5 Å². The van der Waals surface area contributed by atoms with Gasteiger partial charge < -0.3 is 9.84 Å². The van der Waals surface area contributed by atoms with Crippen molar-refractivity contribution in [3.8, 4) is 16.9 Å². The van der Waals surface area contributed by atoms with Crippen LogP contribution in [0.25, 0.3) is 11.1 Å². The molecule has 0 radical (unpaired) electrons. The SMILES string of the molecule is O=C(O)Cc1cncc(-c2ccc(OC3CC3)cc2)c1. The Bertz CT molecular complexity index is 618. The molecule has 0 amide bonds. The molecule has 20 heavy (non-hydrogen) atoms. The molecule has 3 rings (SSSR count). The van der Waals surface area contributed by atoms with Crippen LogP contribution in [-0.4, -0.2) is 22.2 Å². The van der Waals surface area contributed by atoms with Crippen LogP contribution >= 0.6 is 0 Å². The predicted molar refractivity (Wildman–Crippen MR) is 74.7 cm³/mol. The molecule has 1 heterocycles. The molecule has 0 aliphatic heterocycles. The summed E-state index contributed by atoms with van der Waals surface area (Å²) in [5.41, 5.74) is 2.63. The van der Waals surface area contributed by atoms with Gasteiger partial charge >= 0.3 is 5.97 Å². The summed E-state index contributed by atoms with van der Waals surface area (Å²) in [6.07, 6.45) is 5.99. The summed E-state index contributed by atoms with van der Waals surface area (Å²) in [5, 5.41) is 8.81. The molecule has 2 aromatic rings. The molecular formula is C16H15NO3. The van der Waals surface area contributed by atoms with Crippen LogP contribution in [0.5, 0.6) is 5.75 Å². The molecule has 1 aromatic carbocycles. The zero-order valence-electron chi connectivity index (χ0n) is 11.0. The maximum atomic E-state index is 10.7. The zero-order valence-corrected chi connectivity index (χ0v) is 11.0. The molecule has 1 aliphatic rings. The summed E-state index contributed by atoms with van der Waals surface area (Å²) < 4.78 is 5.70. The Morgan fingerprint density at radius 1 is 1.20 bits per heavy atom. The Hall–Kier alpha value is -2.36. The summed E-state index contributed by atoms with van der Waals surface area (Å²) in [6, 6.07) is 9.69. The lowest BCUT2D eigenvalue weighted by Gasteiger charge is -2.07. The summed E-state index contributed by atoms with van der Waals surface area (Å²) in [4.78, 5) is 14.8. The second-order valence-electron chi connectivity index (χ2n) is 4.99. The largest absolute Gasteiger partial charge is 0.490 e. The fraction of sp³-hybridized carbons (Fsp3) is 0.250. The lowest BCUT2D eigenvalue weighted by atomic mass is 10.0. The van der Waals surface area contributed by atoms with Gasteiger partial charge in [-0.15, -0.1) is 0 Å². The fourth-order valence-electron chi connectivity index (χ4n) is 2.02. The number of aliphatic carboxylic acids is 1. The van der Waals surface area contributed by atoms with E-state index in [0.29, 0.717) is 11.7 Å². The van der Waals surface area contributed by atoms with E-state index < -0.39 is 5.97 Å². The highest BCUT2D eigenvalue weighted by atomic mass is 16.5. The summed E-state index contributed by atoms with van der Waals surface area (Å²) in [7, 11) is 0. The van der Waals surface area contributed by atoms with Crippen LogP contribution in [-0.2, 0) is 11.2 Å². The van der Waals surface area contributed by atoms with Crippen LogP contribution in [0.3, 0.4) is 0 Å². The minimum atomic E-state index is -0.850. The maximum Gasteiger partial charge on any atom is 0.307 e. The van der Waals surface area contributed by atoms with Crippen molar-refractivity contribution in [3.05, 3.63) is 48.3 Å². The predicted octanol–water partition coefficient (Wildman–Crippen LogP) is 2.92. The molecular weight excluding hydrogens is 254 g/mol. The molecule has 0 atom stereocenters. The zero-order chi connectivity index (χ0) is 13.9. The molecule has 0 bridgehead atoms. The van der Waals surface area contributed by atoms with E-state index in [2.05, 4.69) is 4.98 Å². The number of ether oxygens (including phenoxy) is 1. The van der Waals surface area contributed by atoms with E-state index in [4.69, 9.17) is 9.84 Å². The monoisotopic (exact) mass is 269 g/mol. The van der Waals surface area contributed by atoms with Gasteiger partial charge in [0.25, 0.3) is 0 Å². The highest BCUT2D eigenvalue weighted by Gasteiger charge is 2.23. The number of carboxylic acid groups (broad SMARTS) is 1. The lowest BCUT2D eigenvalue weighted by molar-refractivity contribution is -0.136. The number of hydrogen-bond donors (Lipinski definition) is 1. The van der Waals surface area contributed by atoms with Crippen LogP contribution < -0.4 is 4.74 Å². The number of rotatable bonds is 5. The van der Waals surface area contributed by atoms with Crippen LogP contribution in [0, 0.1) is 0 Å². The van der Waals surface area contributed by atoms with Crippen molar-refractivity contribution < 1.29 is 14.6 Å². The van der Waals surface area contributed by atoms with E-state index in [-0.39, 0.29) is 6.42 Å². The Balaban J connectivity index is 1.78. The number of pyridine rings is 1. The number of nitrogens with zero attached hydrogens (tertiary/aromatic N) is 1. The van der Waals surface area contributed by atoms with E-state index in [0.717, 1.165) is 29.7 Å². The molecule has 1 aromatic heterocycles. The van der Waals surface area contributed by atoms with Gasteiger partial charge in [0.1, 0.15) is 5.75 Å². The molecule has 1 aliphatic carbocycles. The second-order valence-corrected chi connectivity index (χ2v) is 4.99. The van der Waals surface area contributed by atoms with E-state index in [1.807, 2.05) is 30.3 Å². The van der Waals surface area contributed by atoms with Crippen LogP contribution in [0.4, 0.5) is 0 Å². The first-order valence-corrected chi connectivity index (χ1v) is 6.63. The molecule has 1 N–H and O–H groups in total. The number of carbonyl (C=O) groups is 1. The number of hydrogen-bond acceptors (Lipinski definition) is 3. The maximum absolute atomic E-state index is 10.7. The number of benzene rings is 1. The Labute approximate surface area is 117 Å². The third kappa shape index (κ3) is 3.15. The third-order valence-electron chi connectivity index (χ3n) is 3.17. The summed E-state index contributed by atoms with van der Waals surface area (Å²) in [6.45, 7) is 0. The van der Waals surface area contributed by atoms with Crippen molar-refractivity contribution in [1.29, 1.82) is 0 Å². The first-order chi connectivity index (χ1) is 9.70. The Morgan fingerprint density at radius 3 is 2.60 bits per heavy atom. The molecule has 102 valence electrons. The fourth-order valence-corrected chi connectivity index (χ4v) is 2.02. The standard InChI is InChI=1S/C16H15NO3/c18-16(19)8-11-7-13(10-17-9-11)12-1-3-14(4-2-12)20-15-5-6-15/h1-4,7,9-10,15H,5-6,8H2,(H,18,19). The van der Waals surface area contributed by atoms with E-state index in [9.17, 15) is 4.79 Å². The Morgan fingerprint density at radius 2 is 1.95 bits per heavy atom. The van der Waals surface area contributed by atoms with Crippen molar-refractivity contribution in [2.24, 2.45) is 0 Å². The van der Waals surface area contributed by atoms with E-state index in [1.165, 1.54) is 0 Å². The molecule has 0 spiro atoms. The lowest BCUT2D eigenvalue weighted by Crippen LogP contribution is -2.00. The molecule has 4 nitrogen and oxygen atoms in total. The number of aromatic nitrogens is 1. The van der Waals surface area contributed by atoms with E-state index in [1.54, 1.807) is 12.4 Å². The summed E-state index contributed by atoms with van der Waals surface area (Å²) >= 11 is 0. The van der Waals surface area contributed by atoms with Crippen molar-refractivity contribution in [1.82, 2.24) is 4.98 Å². The third-order valence-corrected chi connectivity index (χ3v) is 3.17. The minimum absolute atomic E-state index is 0.0102. The minimum Gasteiger partial charge on any atom is -0.490 e. The second kappa shape index (κ2) is 5.33. The van der Waals surface area contributed by atoms with Gasteiger partial charge in [-0.25, -0.2) is 0 Å². The Kier molecular flexibility index (Phi) is 3.37. The first-order valence-electron chi connectivity index (χ1n) is 6.63. The van der Waals surface area contributed by atoms with Gasteiger partial charge in [0.2, 0.25) is 0 Å². The first kappa shape index (κ1) is 12.7. The quantitative estimate of drug-likeness (QED) is 0.906. The topological polar surface area (TPSA) is 59.4 Å². The van der Waals surface area contributed by atoms with Crippen molar-refractivity contribution >= 4 is 5.97 Å². The molecule has 1 saturated carbocycles. The van der Waals surface area contributed by atoms with Gasteiger partial charge in [0, 0.05) is 18.0 Å². The molecule has 0 saturated heterocycles. The van der Waals surface area contributed by atoms with Crippen LogP contribution in [0.15, 0.2) is 42.7 Å². The highest BCUT2D eigenvalue weighted by molar-refractivity contribution is 5.71.